The molecule has 0 atom stereocenters. The normalized spacial score (nSPS) is 14.6. The molecule has 1 aliphatic rings. The van der Waals surface area contributed by atoms with Crippen molar-refractivity contribution in [3.8, 4) is 11.3 Å². The minimum Gasteiger partial charge on any atom is -0.396 e. The number of nitrogens with one attached hydrogen (secondary N) is 1. The van der Waals surface area contributed by atoms with Crippen molar-refractivity contribution in [2.45, 2.75) is 18.9 Å². The molecule has 0 radical (unpaired) electrons. The van der Waals surface area contributed by atoms with E-state index in [0.29, 0.717) is 17.7 Å². The van der Waals surface area contributed by atoms with Crippen molar-refractivity contribution in [1.29, 1.82) is 0 Å². The Morgan fingerprint density at radius 2 is 1.94 bits per heavy atom. The van der Waals surface area contributed by atoms with Crippen LogP contribution in [0.1, 0.15) is 12.8 Å². The van der Waals surface area contributed by atoms with Crippen LogP contribution in [0.15, 0.2) is 36.5 Å². The van der Waals surface area contributed by atoms with Gasteiger partial charge in [-0.2, -0.15) is 0 Å². The molecule has 4 heteroatoms. The fourth-order valence-corrected chi connectivity index (χ4v) is 1.70. The third-order valence-corrected chi connectivity index (χ3v) is 2.77. The Hall–Kier alpha value is -2.10. The first-order chi connectivity index (χ1) is 8.33. The van der Waals surface area contributed by atoms with E-state index in [0.717, 1.165) is 11.3 Å². The van der Waals surface area contributed by atoms with Crippen molar-refractivity contribution in [3.63, 3.8) is 0 Å². The van der Waals surface area contributed by atoms with Crippen molar-refractivity contribution in [1.82, 2.24) is 9.97 Å². The lowest BCUT2D eigenvalue weighted by Crippen LogP contribution is -2.07. The van der Waals surface area contributed by atoms with Crippen molar-refractivity contribution in [3.05, 3.63) is 36.5 Å². The van der Waals surface area contributed by atoms with Gasteiger partial charge in [0.15, 0.2) is 0 Å². The van der Waals surface area contributed by atoms with Gasteiger partial charge < -0.3 is 11.1 Å². The summed E-state index contributed by atoms with van der Waals surface area (Å²) < 4.78 is 0. The number of nitrogens with zero attached hydrogens (tertiary/aromatic N) is 2. The Morgan fingerprint density at radius 3 is 2.65 bits per heavy atom. The average Bonchev–Trinajstić information content (AvgIpc) is 3.17. The molecule has 1 fully saturated rings. The number of nitrogens with two attached hydrogens (primary N) is 1. The van der Waals surface area contributed by atoms with Crippen molar-refractivity contribution in [2.75, 3.05) is 11.1 Å². The Morgan fingerprint density at radius 1 is 1.18 bits per heavy atom. The summed E-state index contributed by atoms with van der Waals surface area (Å²) in [5.74, 6) is 0.667. The maximum Gasteiger partial charge on any atom is 0.223 e. The Kier molecular flexibility index (Phi) is 2.40. The fourth-order valence-electron chi connectivity index (χ4n) is 1.70. The summed E-state index contributed by atoms with van der Waals surface area (Å²) in [6.45, 7) is 0. The third-order valence-electron chi connectivity index (χ3n) is 2.77. The molecule has 0 spiro atoms. The maximum atomic E-state index is 5.92. The van der Waals surface area contributed by atoms with Gasteiger partial charge in [0.2, 0.25) is 5.95 Å². The molecule has 1 saturated carbocycles. The number of hydrogen-bond acceptors (Lipinski definition) is 4. The lowest BCUT2D eigenvalue weighted by Gasteiger charge is -2.08. The van der Waals surface area contributed by atoms with Crippen LogP contribution in [0.4, 0.5) is 11.6 Å². The molecule has 3 rings (SSSR count). The fraction of sp³-hybridized carbons (Fsp3) is 0.231. The second-order valence-corrected chi connectivity index (χ2v) is 4.28. The summed E-state index contributed by atoms with van der Waals surface area (Å²) in [7, 11) is 0. The van der Waals surface area contributed by atoms with Crippen LogP contribution in [-0.2, 0) is 0 Å². The predicted molar refractivity (Wildman–Crippen MR) is 68.5 cm³/mol. The SMILES string of the molecule is Nc1cnc(NC2CC2)nc1-c1ccccc1. The Bertz CT molecular complexity index is 520. The van der Waals surface area contributed by atoms with Crippen LogP contribution in [0.25, 0.3) is 11.3 Å². The highest BCUT2D eigenvalue weighted by Gasteiger charge is 2.22. The molecule has 1 heterocycles. The molecule has 86 valence electrons. The van der Waals surface area contributed by atoms with Gasteiger partial charge >= 0.3 is 0 Å². The minimum absolute atomic E-state index is 0.544. The number of hydrogen-bond donors (Lipinski definition) is 2. The molecule has 3 N–H and O–H groups in total. The highest BCUT2D eigenvalue weighted by Crippen LogP contribution is 2.26. The van der Waals surface area contributed by atoms with Crippen LogP contribution < -0.4 is 11.1 Å². The summed E-state index contributed by atoms with van der Waals surface area (Å²) in [5.41, 5.74) is 8.34. The highest BCUT2D eigenvalue weighted by molar-refractivity contribution is 5.72. The second kappa shape index (κ2) is 4.05. The lowest BCUT2D eigenvalue weighted by atomic mass is 10.1. The first-order valence-corrected chi connectivity index (χ1v) is 5.77. The van der Waals surface area contributed by atoms with E-state index in [2.05, 4.69) is 15.3 Å². The number of benzene rings is 1. The molecule has 1 aromatic carbocycles. The van der Waals surface area contributed by atoms with Crippen molar-refractivity contribution < 1.29 is 0 Å². The molecule has 0 aliphatic heterocycles. The topological polar surface area (TPSA) is 63.8 Å². The first kappa shape index (κ1) is 10.1. The maximum absolute atomic E-state index is 5.92. The standard InChI is InChI=1S/C13H14N4/c14-11-8-15-13(16-10-6-7-10)17-12(11)9-4-2-1-3-5-9/h1-5,8,10H,6-7,14H2,(H,15,16,17). The summed E-state index contributed by atoms with van der Waals surface area (Å²) in [6.07, 6.45) is 4.07. The molecule has 0 saturated heterocycles. The Balaban J connectivity index is 1.96. The second-order valence-electron chi connectivity index (χ2n) is 4.28. The molecular weight excluding hydrogens is 212 g/mol. The van der Waals surface area contributed by atoms with Gasteiger partial charge in [0, 0.05) is 11.6 Å². The van der Waals surface area contributed by atoms with E-state index in [1.165, 1.54) is 12.8 Å². The molecular formula is C13H14N4. The molecule has 2 aromatic rings. The number of anilines is 2. The first-order valence-electron chi connectivity index (χ1n) is 5.77. The van der Waals surface area contributed by atoms with Crippen molar-refractivity contribution in [2.24, 2.45) is 0 Å². The molecule has 0 unspecified atom stereocenters. The van der Waals surface area contributed by atoms with Gasteiger partial charge in [-0.25, -0.2) is 9.97 Å². The van der Waals surface area contributed by atoms with Gasteiger partial charge in [-0.3, -0.25) is 0 Å². The highest BCUT2D eigenvalue weighted by atomic mass is 15.1. The van der Waals surface area contributed by atoms with Gasteiger partial charge in [-0.1, -0.05) is 30.3 Å². The summed E-state index contributed by atoms with van der Waals surface area (Å²) in [6, 6.07) is 10.5. The van der Waals surface area contributed by atoms with Gasteiger partial charge in [0.25, 0.3) is 0 Å². The molecule has 1 aromatic heterocycles. The molecule has 0 bridgehead atoms. The summed E-state index contributed by atoms with van der Waals surface area (Å²) in [4.78, 5) is 8.67. The predicted octanol–water partition coefficient (Wildman–Crippen LogP) is 2.30. The monoisotopic (exact) mass is 226 g/mol. The molecule has 4 nitrogen and oxygen atoms in total. The van der Waals surface area contributed by atoms with Crippen molar-refractivity contribution >= 4 is 11.6 Å². The number of rotatable bonds is 3. The molecule has 1 aliphatic carbocycles. The largest absolute Gasteiger partial charge is 0.396 e. The van der Waals surface area contributed by atoms with Gasteiger partial charge in [-0.05, 0) is 12.8 Å². The van der Waals surface area contributed by atoms with Crippen LogP contribution in [0.3, 0.4) is 0 Å². The quantitative estimate of drug-likeness (QED) is 0.842. The number of aromatic nitrogens is 2. The number of nitrogen functional groups attached to an aromatic ring is 1. The van der Waals surface area contributed by atoms with E-state index < -0.39 is 0 Å². The molecule has 0 amide bonds. The van der Waals surface area contributed by atoms with E-state index in [4.69, 9.17) is 5.73 Å². The zero-order valence-electron chi connectivity index (χ0n) is 9.43. The van der Waals surface area contributed by atoms with Crippen LogP contribution in [0.5, 0.6) is 0 Å². The Labute approximate surface area is 99.9 Å². The van der Waals surface area contributed by atoms with Crippen LogP contribution in [0, 0.1) is 0 Å². The van der Waals surface area contributed by atoms with E-state index in [9.17, 15) is 0 Å². The van der Waals surface area contributed by atoms with E-state index in [1.54, 1.807) is 6.20 Å². The zero-order valence-corrected chi connectivity index (χ0v) is 9.43. The van der Waals surface area contributed by atoms with E-state index >= 15 is 0 Å². The lowest BCUT2D eigenvalue weighted by molar-refractivity contribution is 1.06. The van der Waals surface area contributed by atoms with Crippen LogP contribution in [-0.4, -0.2) is 16.0 Å². The van der Waals surface area contributed by atoms with E-state index in [-0.39, 0.29) is 0 Å². The van der Waals surface area contributed by atoms with Crippen LogP contribution in [0.2, 0.25) is 0 Å². The van der Waals surface area contributed by atoms with Gasteiger partial charge in [0.1, 0.15) is 0 Å². The summed E-state index contributed by atoms with van der Waals surface area (Å²) in [5, 5.41) is 3.28. The summed E-state index contributed by atoms with van der Waals surface area (Å²) >= 11 is 0. The zero-order chi connectivity index (χ0) is 11.7. The average molecular weight is 226 g/mol. The van der Waals surface area contributed by atoms with E-state index in [1.807, 2.05) is 30.3 Å². The third kappa shape index (κ3) is 2.20. The van der Waals surface area contributed by atoms with Gasteiger partial charge in [0.05, 0.1) is 17.6 Å². The van der Waals surface area contributed by atoms with Crippen LogP contribution >= 0.6 is 0 Å². The minimum atomic E-state index is 0.544. The smallest absolute Gasteiger partial charge is 0.223 e. The molecule has 17 heavy (non-hydrogen) atoms. The van der Waals surface area contributed by atoms with Gasteiger partial charge in [-0.15, -0.1) is 0 Å².